The highest BCUT2D eigenvalue weighted by Crippen LogP contribution is 2.21. The van der Waals surface area contributed by atoms with Gasteiger partial charge in [-0.3, -0.25) is 0 Å². The Morgan fingerprint density at radius 3 is 2.14 bits per heavy atom. The van der Waals surface area contributed by atoms with Gasteiger partial charge in [-0.2, -0.15) is 0 Å². The second-order valence-electron chi connectivity index (χ2n) is 3.65. The van der Waals surface area contributed by atoms with Crippen LogP contribution in [0.1, 0.15) is 43.4 Å². The van der Waals surface area contributed by atoms with Gasteiger partial charge in [0, 0.05) is 0 Å². The molecule has 0 aromatic heterocycles. The van der Waals surface area contributed by atoms with Crippen molar-refractivity contribution in [3.8, 4) is 0 Å². The molecule has 0 saturated carbocycles. The van der Waals surface area contributed by atoms with Crippen molar-refractivity contribution < 1.29 is 5.11 Å². The van der Waals surface area contributed by atoms with Crippen molar-refractivity contribution in [1.82, 2.24) is 0 Å². The molecule has 0 aliphatic heterocycles. The molecular weight excluding hydrogens is 196 g/mol. The number of halogens is 1. The Bertz CT molecular complexity index is 239. The van der Waals surface area contributed by atoms with E-state index in [0.29, 0.717) is 5.92 Å². The van der Waals surface area contributed by atoms with Crippen LogP contribution in [0, 0.1) is 0 Å². The summed E-state index contributed by atoms with van der Waals surface area (Å²) < 4.78 is 0. The molecule has 14 heavy (non-hydrogen) atoms. The lowest BCUT2D eigenvalue weighted by Crippen LogP contribution is -1.99. The average molecular weight is 213 g/mol. The third kappa shape index (κ3) is 2.73. The van der Waals surface area contributed by atoms with Crippen LogP contribution in [0.4, 0.5) is 0 Å². The largest absolute Gasteiger partial charge is 0.387 e. The summed E-state index contributed by atoms with van der Waals surface area (Å²) in [5, 5.41) is 9.48. The van der Waals surface area contributed by atoms with E-state index in [4.69, 9.17) is 11.6 Å². The Morgan fingerprint density at radius 1 is 1.21 bits per heavy atom. The maximum Gasteiger partial charge on any atom is 0.0925 e. The Balaban J connectivity index is 2.78. The van der Waals surface area contributed by atoms with Gasteiger partial charge in [-0.1, -0.05) is 38.1 Å². The smallest absolute Gasteiger partial charge is 0.0925 e. The summed E-state index contributed by atoms with van der Waals surface area (Å²) in [7, 11) is 0. The number of alkyl halides is 1. The minimum absolute atomic E-state index is 0.253. The summed E-state index contributed by atoms with van der Waals surface area (Å²) in [4.78, 5) is 0. The van der Waals surface area contributed by atoms with E-state index in [1.165, 1.54) is 5.56 Å². The Morgan fingerprint density at radius 2 is 1.71 bits per heavy atom. The molecule has 0 spiro atoms. The number of hydrogen-bond donors (Lipinski definition) is 1. The van der Waals surface area contributed by atoms with Crippen LogP contribution in [0.5, 0.6) is 0 Å². The quantitative estimate of drug-likeness (QED) is 0.758. The van der Waals surface area contributed by atoms with Crippen molar-refractivity contribution in [3.63, 3.8) is 0 Å². The standard InChI is InChI=1S/C12H17ClO/c1-3-9(2)10-4-6-11(7-5-10)12(14)8-13/h4-7,9,12,14H,3,8H2,1-2H3. The fraction of sp³-hybridized carbons (Fsp3) is 0.500. The Hall–Kier alpha value is -0.530. The molecular formula is C12H17ClO. The van der Waals surface area contributed by atoms with E-state index >= 15 is 0 Å². The molecule has 2 unspecified atom stereocenters. The van der Waals surface area contributed by atoms with Crippen LogP contribution < -0.4 is 0 Å². The van der Waals surface area contributed by atoms with E-state index < -0.39 is 6.10 Å². The lowest BCUT2D eigenvalue weighted by molar-refractivity contribution is 0.202. The van der Waals surface area contributed by atoms with E-state index in [9.17, 15) is 5.11 Å². The topological polar surface area (TPSA) is 20.2 Å². The summed E-state index contributed by atoms with van der Waals surface area (Å²) in [6.45, 7) is 4.37. The molecule has 78 valence electrons. The molecule has 0 radical (unpaired) electrons. The van der Waals surface area contributed by atoms with Gasteiger partial charge in [0.05, 0.1) is 12.0 Å². The predicted molar refractivity (Wildman–Crippen MR) is 60.8 cm³/mol. The van der Waals surface area contributed by atoms with Crippen LogP contribution in [-0.4, -0.2) is 11.0 Å². The first kappa shape index (κ1) is 11.5. The van der Waals surface area contributed by atoms with E-state index in [1.807, 2.05) is 12.1 Å². The van der Waals surface area contributed by atoms with Gasteiger partial charge >= 0.3 is 0 Å². The minimum atomic E-state index is -0.539. The summed E-state index contributed by atoms with van der Waals surface area (Å²) in [6.07, 6.45) is 0.597. The third-order valence-corrected chi connectivity index (χ3v) is 2.94. The van der Waals surface area contributed by atoms with Crippen LogP contribution in [0.25, 0.3) is 0 Å². The van der Waals surface area contributed by atoms with Crippen molar-refractivity contribution >= 4 is 11.6 Å². The number of aliphatic hydroxyl groups excluding tert-OH is 1. The molecule has 1 rings (SSSR count). The fourth-order valence-corrected chi connectivity index (χ4v) is 1.55. The highest BCUT2D eigenvalue weighted by molar-refractivity contribution is 6.18. The van der Waals surface area contributed by atoms with Crippen molar-refractivity contribution in [2.45, 2.75) is 32.3 Å². The Labute approximate surface area is 90.7 Å². The first-order valence-electron chi connectivity index (χ1n) is 5.03. The summed E-state index contributed by atoms with van der Waals surface area (Å²) in [5.41, 5.74) is 2.21. The molecule has 2 atom stereocenters. The zero-order valence-electron chi connectivity index (χ0n) is 8.70. The number of rotatable bonds is 4. The van der Waals surface area contributed by atoms with E-state index in [0.717, 1.165) is 12.0 Å². The molecule has 0 amide bonds. The van der Waals surface area contributed by atoms with Gasteiger partial charge in [-0.05, 0) is 23.5 Å². The predicted octanol–water partition coefficient (Wildman–Crippen LogP) is 3.47. The number of benzene rings is 1. The molecule has 1 aromatic carbocycles. The molecule has 0 fully saturated rings. The first-order chi connectivity index (χ1) is 6.69. The molecule has 0 saturated heterocycles. The lowest BCUT2D eigenvalue weighted by Gasteiger charge is -2.11. The normalized spacial score (nSPS) is 15.1. The molecule has 0 bridgehead atoms. The zero-order valence-corrected chi connectivity index (χ0v) is 9.46. The van der Waals surface area contributed by atoms with Crippen molar-refractivity contribution in [2.24, 2.45) is 0 Å². The van der Waals surface area contributed by atoms with Gasteiger partial charge in [-0.15, -0.1) is 11.6 Å². The second-order valence-corrected chi connectivity index (χ2v) is 3.95. The highest BCUT2D eigenvalue weighted by atomic mass is 35.5. The summed E-state index contributed by atoms with van der Waals surface area (Å²) in [6, 6.07) is 8.04. The minimum Gasteiger partial charge on any atom is -0.387 e. The molecule has 1 aromatic rings. The van der Waals surface area contributed by atoms with E-state index in [2.05, 4.69) is 26.0 Å². The molecule has 0 heterocycles. The summed E-state index contributed by atoms with van der Waals surface area (Å²) in [5.74, 6) is 0.833. The lowest BCUT2D eigenvalue weighted by atomic mass is 9.97. The van der Waals surface area contributed by atoms with E-state index in [1.54, 1.807) is 0 Å². The molecule has 0 aliphatic carbocycles. The second kappa shape index (κ2) is 5.38. The van der Waals surface area contributed by atoms with Gasteiger partial charge in [0.25, 0.3) is 0 Å². The van der Waals surface area contributed by atoms with E-state index in [-0.39, 0.29) is 5.88 Å². The third-order valence-electron chi connectivity index (χ3n) is 2.65. The molecule has 1 N–H and O–H groups in total. The van der Waals surface area contributed by atoms with Crippen LogP contribution in [-0.2, 0) is 0 Å². The first-order valence-corrected chi connectivity index (χ1v) is 5.56. The van der Waals surface area contributed by atoms with Crippen LogP contribution in [0.2, 0.25) is 0 Å². The molecule has 1 nitrogen and oxygen atoms in total. The van der Waals surface area contributed by atoms with Crippen LogP contribution in [0.15, 0.2) is 24.3 Å². The van der Waals surface area contributed by atoms with Crippen LogP contribution >= 0.6 is 11.6 Å². The van der Waals surface area contributed by atoms with Crippen LogP contribution in [0.3, 0.4) is 0 Å². The van der Waals surface area contributed by atoms with Gasteiger partial charge in [-0.25, -0.2) is 0 Å². The maximum atomic E-state index is 9.48. The maximum absolute atomic E-state index is 9.48. The van der Waals surface area contributed by atoms with Gasteiger partial charge in [0.2, 0.25) is 0 Å². The average Bonchev–Trinajstić information content (AvgIpc) is 2.27. The SMILES string of the molecule is CCC(C)c1ccc(C(O)CCl)cc1. The fourth-order valence-electron chi connectivity index (χ4n) is 1.37. The monoisotopic (exact) mass is 212 g/mol. The zero-order chi connectivity index (χ0) is 10.6. The molecule has 2 heteroatoms. The van der Waals surface area contributed by atoms with Crippen molar-refractivity contribution in [3.05, 3.63) is 35.4 Å². The van der Waals surface area contributed by atoms with Gasteiger partial charge < -0.3 is 5.11 Å². The van der Waals surface area contributed by atoms with Gasteiger partial charge in [0.1, 0.15) is 0 Å². The van der Waals surface area contributed by atoms with Crippen molar-refractivity contribution in [1.29, 1.82) is 0 Å². The number of hydrogen-bond acceptors (Lipinski definition) is 1. The van der Waals surface area contributed by atoms with Gasteiger partial charge in [0.15, 0.2) is 0 Å². The summed E-state index contributed by atoms with van der Waals surface area (Å²) >= 11 is 5.57. The Kier molecular flexibility index (Phi) is 4.43. The number of aliphatic hydroxyl groups is 1. The molecule has 0 aliphatic rings. The van der Waals surface area contributed by atoms with Crippen molar-refractivity contribution in [2.75, 3.05) is 5.88 Å². The highest BCUT2D eigenvalue weighted by Gasteiger charge is 2.07.